The van der Waals surface area contributed by atoms with Crippen LogP contribution in [0.3, 0.4) is 0 Å². The molecule has 4 rings (SSSR count). The average molecular weight is 444 g/mol. The fraction of sp³-hybridized carbons (Fsp3) is 0.192. The Hall–Kier alpha value is -4.13. The Bertz CT molecular complexity index is 1270. The Balaban J connectivity index is 1.68. The number of ether oxygens (including phenoxy) is 2. The second-order valence-corrected chi connectivity index (χ2v) is 7.60. The summed E-state index contributed by atoms with van der Waals surface area (Å²) in [6, 6.07) is 16.5. The number of carbonyl (C=O) groups excluding carboxylic acids is 2. The van der Waals surface area contributed by atoms with Crippen molar-refractivity contribution in [2.75, 3.05) is 19.0 Å². The van der Waals surface area contributed by atoms with Gasteiger partial charge in [-0.25, -0.2) is 0 Å². The molecule has 2 aromatic heterocycles. The normalized spacial score (nSPS) is 11.7. The number of aromatic nitrogens is 2. The number of rotatable bonds is 9. The Morgan fingerprint density at radius 1 is 1.09 bits per heavy atom. The molecular formula is C26H25N3O4. The molecule has 0 saturated carbocycles. The molecule has 168 valence electrons. The van der Waals surface area contributed by atoms with Gasteiger partial charge in [0.25, 0.3) is 0 Å². The highest BCUT2D eigenvalue weighted by atomic mass is 16.5. The summed E-state index contributed by atoms with van der Waals surface area (Å²) in [4.78, 5) is 32.3. The van der Waals surface area contributed by atoms with Gasteiger partial charge in [-0.3, -0.25) is 14.6 Å². The van der Waals surface area contributed by atoms with E-state index in [2.05, 4.69) is 15.3 Å². The third kappa shape index (κ3) is 5.03. The molecule has 1 atom stereocenters. The van der Waals surface area contributed by atoms with Crippen LogP contribution >= 0.6 is 0 Å². The number of pyridine rings is 1. The van der Waals surface area contributed by atoms with Gasteiger partial charge in [-0.1, -0.05) is 48.5 Å². The van der Waals surface area contributed by atoms with Gasteiger partial charge in [0.2, 0.25) is 0 Å². The molecule has 0 amide bonds. The summed E-state index contributed by atoms with van der Waals surface area (Å²) in [7, 11) is 1.58. The molecule has 0 spiro atoms. The van der Waals surface area contributed by atoms with Gasteiger partial charge < -0.3 is 19.8 Å². The number of hydrogen-bond donors (Lipinski definition) is 2. The maximum atomic E-state index is 13.8. The molecule has 0 aliphatic carbocycles. The topological polar surface area (TPSA) is 93.3 Å². The van der Waals surface area contributed by atoms with Crippen LogP contribution in [0.4, 0.5) is 5.69 Å². The van der Waals surface area contributed by atoms with Gasteiger partial charge in [0.05, 0.1) is 31.8 Å². The zero-order chi connectivity index (χ0) is 23.2. The number of benzene rings is 2. The Labute approximate surface area is 191 Å². The van der Waals surface area contributed by atoms with Crippen molar-refractivity contribution in [1.82, 2.24) is 9.97 Å². The van der Waals surface area contributed by atoms with Crippen molar-refractivity contribution in [3.63, 3.8) is 0 Å². The number of H-pyrrole nitrogens is 1. The molecule has 0 fully saturated rings. The molecule has 0 aliphatic rings. The molecule has 2 aromatic carbocycles. The van der Waals surface area contributed by atoms with E-state index in [1.165, 1.54) is 6.92 Å². The first-order valence-corrected chi connectivity index (χ1v) is 10.6. The summed E-state index contributed by atoms with van der Waals surface area (Å²) in [5.74, 6) is 0.213. The van der Waals surface area contributed by atoms with Gasteiger partial charge in [0.15, 0.2) is 5.78 Å². The molecule has 4 aromatic rings. The zero-order valence-corrected chi connectivity index (χ0v) is 18.5. The van der Waals surface area contributed by atoms with Crippen LogP contribution in [0.5, 0.6) is 5.75 Å². The van der Waals surface area contributed by atoms with Crippen molar-refractivity contribution in [3.8, 4) is 5.75 Å². The van der Waals surface area contributed by atoms with Crippen LogP contribution in [0, 0.1) is 0 Å². The molecule has 0 bridgehead atoms. The second-order valence-electron chi connectivity index (χ2n) is 7.60. The van der Waals surface area contributed by atoms with Gasteiger partial charge in [-0.05, 0) is 11.1 Å². The molecular weight excluding hydrogens is 418 g/mol. The van der Waals surface area contributed by atoms with Crippen molar-refractivity contribution < 1.29 is 19.1 Å². The summed E-state index contributed by atoms with van der Waals surface area (Å²) in [5.41, 5.74) is 3.94. The quantitative estimate of drug-likeness (QED) is 0.287. The summed E-state index contributed by atoms with van der Waals surface area (Å²) < 4.78 is 10.4. The Morgan fingerprint density at radius 2 is 1.91 bits per heavy atom. The SMILES string of the molecule is COc1cncc(NC(C(=O)c2c[nH]c3c(CCOC(C)=O)cccc23)c2ccccc2)c1. The first-order chi connectivity index (χ1) is 16.1. The largest absolute Gasteiger partial charge is 0.495 e. The standard InChI is InChI=1S/C26H25N3O4/c1-17(30)33-12-11-19-9-6-10-22-23(16-28-24(19)22)26(31)25(18-7-4-3-5-8-18)29-20-13-21(32-2)15-27-14-20/h3-10,13-16,25,28-29H,11-12H2,1-2H3. The number of aromatic amines is 1. The monoisotopic (exact) mass is 443 g/mol. The van der Waals surface area contributed by atoms with Crippen molar-refractivity contribution >= 4 is 28.3 Å². The lowest BCUT2D eigenvalue weighted by atomic mass is 9.96. The predicted octanol–water partition coefficient (Wildman–Crippen LogP) is 4.71. The van der Waals surface area contributed by atoms with E-state index in [9.17, 15) is 9.59 Å². The first-order valence-electron chi connectivity index (χ1n) is 10.6. The Morgan fingerprint density at radius 3 is 2.67 bits per heavy atom. The van der Waals surface area contributed by atoms with Crippen LogP contribution in [0.2, 0.25) is 0 Å². The fourth-order valence-electron chi connectivity index (χ4n) is 3.81. The maximum absolute atomic E-state index is 13.8. The lowest BCUT2D eigenvalue weighted by Gasteiger charge is -2.19. The third-order valence-electron chi connectivity index (χ3n) is 5.40. The summed E-state index contributed by atoms with van der Waals surface area (Å²) in [5, 5.41) is 4.15. The van der Waals surface area contributed by atoms with Crippen LogP contribution in [-0.2, 0) is 16.0 Å². The molecule has 2 heterocycles. The number of nitrogens with one attached hydrogen (secondary N) is 2. The van der Waals surface area contributed by atoms with E-state index >= 15 is 0 Å². The molecule has 0 aliphatic heterocycles. The van der Waals surface area contributed by atoms with Crippen LogP contribution in [0.15, 0.2) is 73.2 Å². The molecule has 33 heavy (non-hydrogen) atoms. The number of methoxy groups -OCH3 is 1. The fourth-order valence-corrected chi connectivity index (χ4v) is 3.81. The number of esters is 1. The Kier molecular flexibility index (Phi) is 6.69. The van der Waals surface area contributed by atoms with E-state index in [0.717, 1.165) is 22.0 Å². The maximum Gasteiger partial charge on any atom is 0.302 e. The van der Waals surface area contributed by atoms with Crippen LogP contribution in [0.1, 0.15) is 34.5 Å². The first kappa shape index (κ1) is 22.1. The van der Waals surface area contributed by atoms with E-state index in [1.807, 2.05) is 48.5 Å². The molecule has 0 radical (unpaired) electrons. The minimum Gasteiger partial charge on any atom is -0.495 e. The van der Waals surface area contributed by atoms with E-state index in [0.29, 0.717) is 23.4 Å². The zero-order valence-electron chi connectivity index (χ0n) is 18.5. The van der Waals surface area contributed by atoms with Gasteiger partial charge in [-0.2, -0.15) is 0 Å². The van der Waals surface area contributed by atoms with Crippen molar-refractivity contribution in [2.45, 2.75) is 19.4 Å². The average Bonchev–Trinajstić information content (AvgIpc) is 3.28. The smallest absolute Gasteiger partial charge is 0.302 e. The molecule has 7 nitrogen and oxygen atoms in total. The third-order valence-corrected chi connectivity index (χ3v) is 5.40. The molecule has 2 N–H and O–H groups in total. The number of para-hydroxylation sites is 1. The van der Waals surface area contributed by atoms with Crippen molar-refractivity contribution in [2.24, 2.45) is 0 Å². The number of Topliss-reactive ketones (excluding diaryl/α,β-unsaturated/α-hetero) is 1. The molecule has 1 unspecified atom stereocenters. The lowest BCUT2D eigenvalue weighted by Crippen LogP contribution is -2.21. The number of carbonyl (C=O) groups is 2. The van der Waals surface area contributed by atoms with Crippen LogP contribution < -0.4 is 10.1 Å². The summed E-state index contributed by atoms with van der Waals surface area (Å²) in [6.07, 6.45) is 5.57. The van der Waals surface area contributed by atoms with E-state index in [1.54, 1.807) is 31.8 Å². The number of anilines is 1. The van der Waals surface area contributed by atoms with E-state index in [4.69, 9.17) is 9.47 Å². The van der Waals surface area contributed by atoms with E-state index < -0.39 is 6.04 Å². The van der Waals surface area contributed by atoms with Crippen LogP contribution in [0.25, 0.3) is 10.9 Å². The van der Waals surface area contributed by atoms with Gasteiger partial charge in [0.1, 0.15) is 11.8 Å². The highest BCUT2D eigenvalue weighted by Crippen LogP contribution is 2.29. The number of fused-ring (bicyclic) bond motifs is 1. The van der Waals surface area contributed by atoms with Gasteiger partial charge in [0, 0.05) is 42.1 Å². The van der Waals surface area contributed by atoms with Crippen molar-refractivity contribution in [3.05, 3.63) is 89.9 Å². The lowest BCUT2D eigenvalue weighted by molar-refractivity contribution is -0.140. The highest BCUT2D eigenvalue weighted by molar-refractivity contribution is 6.12. The van der Waals surface area contributed by atoms with Gasteiger partial charge in [-0.15, -0.1) is 0 Å². The summed E-state index contributed by atoms with van der Waals surface area (Å²) >= 11 is 0. The second kappa shape index (κ2) is 9.99. The van der Waals surface area contributed by atoms with Gasteiger partial charge >= 0.3 is 5.97 Å². The van der Waals surface area contributed by atoms with E-state index in [-0.39, 0.29) is 18.4 Å². The summed E-state index contributed by atoms with van der Waals surface area (Å²) in [6.45, 7) is 1.67. The minimum atomic E-state index is -0.621. The molecule has 0 saturated heterocycles. The molecule has 7 heteroatoms. The van der Waals surface area contributed by atoms with Crippen molar-refractivity contribution in [1.29, 1.82) is 0 Å². The number of hydrogen-bond acceptors (Lipinski definition) is 6. The number of nitrogens with zero attached hydrogens (tertiary/aromatic N) is 1. The minimum absolute atomic E-state index is 0.0765. The highest BCUT2D eigenvalue weighted by Gasteiger charge is 2.25. The predicted molar refractivity (Wildman–Crippen MR) is 127 cm³/mol. The number of ketones is 1. The van der Waals surface area contributed by atoms with Crippen LogP contribution in [-0.4, -0.2) is 35.4 Å².